The molecule has 3 N–H and O–H groups in total. The summed E-state index contributed by atoms with van der Waals surface area (Å²) in [5, 5.41) is 14.0. The number of carboxylic acid groups (broad SMARTS) is 1. The minimum atomic E-state index is -1.03. The van der Waals surface area contributed by atoms with Crippen LogP contribution in [0, 0.1) is 12.3 Å². The maximum atomic E-state index is 11.5. The number of hydrogen-bond donors (Lipinski definition) is 3. The number of carbonyl (C=O) groups excluding carboxylic acids is 1. The lowest BCUT2D eigenvalue weighted by molar-refractivity contribution is 0.0697. The molecule has 0 atom stereocenters. The van der Waals surface area contributed by atoms with Crippen molar-refractivity contribution in [2.75, 3.05) is 23.4 Å². The molecule has 1 aromatic rings. The predicted molar refractivity (Wildman–Crippen MR) is 76.6 cm³/mol. The zero-order chi connectivity index (χ0) is 14.1. The number of hydrogen-bond acceptors (Lipinski definition) is 3. The maximum Gasteiger partial charge on any atom is 0.335 e. The Hall–Kier alpha value is -2.13. The third-order valence-electron chi connectivity index (χ3n) is 2.08. The summed E-state index contributed by atoms with van der Waals surface area (Å²) in [5.74, 6) is 2.80. The molecule has 0 aromatic heterocycles. The van der Waals surface area contributed by atoms with Gasteiger partial charge in [-0.2, -0.15) is 0 Å². The van der Waals surface area contributed by atoms with Gasteiger partial charge in [-0.1, -0.05) is 12.0 Å². The third-order valence-corrected chi connectivity index (χ3v) is 2.95. The van der Waals surface area contributed by atoms with E-state index in [0.717, 1.165) is 5.75 Å². The van der Waals surface area contributed by atoms with E-state index in [0.29, 0.717) is 18.0 Å². The van der Waals surface area contributed by atoms with Crippen molar-refractivity contribution in [3.05, 3.63) is 29.8 Å². The molecule has 0 saturated heterocycles. The Balaban J connectivity index is 2.38. The van der Waals surface area contributed by atoms with Gasteiger partial charge in [0, 0.05) is 18.0 Å². The first-order valence-corrected chi connectivity index (χ1v) is 6.68. The molecular formula is C13H14N2O3S. The van der Waals surface area contributed by atoms with Gasteiger partial charge >= 0.3 is 12.0 Å². The molecule has 6 heteroatoms. The van der Waals surface area contributed by atoms with Crippen LogP contribution in [0.4, 0.5) is 10.5 Å². The zero-order valence-corrected chi connectivity index (χ0v) is 11.0. The Labute approximate surface area is 115 Å². The second-order valence-electron chi connectivity index (χ2n) is 3.52. The maximum absolute atomic E-state index is 11.5. The van der Waals surface area contributed by atoms with E-state index >= 15 is 0 Å². The molecule has 0 bridgehead atoms. The Kier molecular flexibility index (Phi) is 6.33. The van der Waals surface area contributed by atoms with E-state index in [-0.39, 0.29) is 11.6 Å². The smallest absolute Gasteiger partial charge is 0.335 e. The van der Waals surface area contributed by atoms with Crippen LogP contribution in [0.1, 0.15) is 10.4 Å². The number of urea groups is 1. The van der Waals surface area contributed by atoms with E-state index in [2.05, 4.69) is 16.6 Å². The first-order chi connectivity index (χ1) is 9.13. The van der Waals surface area contributed by atoms with Crippen LogP contribution < -0.4 is 10.6 Å². The van der Waals surface area contributed by atoms with Gasteiger partial charge in [0.05, 0.1) is 11.3 Å². The molecule has 1 aromatic carbocycles. The van der Waals surface area contributed by atoms with Crippen LogP contribution >= 0.6 is 11.8 Å². The summed E-state index contributed by atoms with van der Waals surface area (Å²) < 4.78 is 0. The van der Waals surface area contributed by atoms with Gasteiger partial charge in [-0.05, 0) is 18.2 Å². The number of amides is 2. The van der Waals surface area contributed by atoms with E-state index in [1.54, 1.807) is 23.9 Å². The molecule has 5 nitrogen and oxygen atoms in total. The molecule has 0 saturated carbocycles. The number of anilines is 1. The number of thioether (sulfide) groups is 1. The highest BCUT2D eigenvalue weighted by Gasteiger charge is 2.05. The van der Waals surface area contributed by atoms with Gasteiger partial charge in [0.15, 0.2) is 0 Å². The largest absolute Gasteiger partial charge is 0.478 e. The number of terminal acetylenes is 1. The molecule has 0 radical (unpaired) electrons. The van der Waals surface area contributed by atoms with Gasteiger partial charge < -0.3 is 15.7 Å². The van der Waals surface area contributed by atoms with Gasteiger partial charge in [-0.15, -0.1) is 18.2 Å². The fourth-order valence-electron chi connectivity index (χ4n) is 1.27. The second kappa shape index (κ2) is 8.06. The molecule has 100 valence electrons. The van der Waals surface area contributed by atoms with E-state index in [1.165, 1.54) is 12.1 Å². The highest BCUT2D eigenvalue weighted by molar-refractivity contribution is 7.99. The number of carboxylic acids is 1. The minimum absolute atomic E-state index is 0.127. The van der Waals surface area contributed by atoms with Crippen LogP contribution in [0.15, 0.2) is 24.3 Å². The van der Waals surface area contributed by atoms with E-state index in [1.807, 2.05) is 0 Å². The molecule has 0 heterocycles. The lowest BCUT2D eigenvalue weighted by Gasteiger charge is -2.07. The van der Waals surface area contributed by atoms with Gasteiger partial charge in [0.1, 0.15) is 0 Å². The summed E-state index contributed by atoms with van der Waals surface area (Å²) in [7, 11) is 0. The Morgan fingerprint density at radius 3 is 2.89 bits per heavy atom. The van der Waals surface area contributed by atoms with Crippen LogP contribution in [-0.2, 0) is 0 Å². The van der Waals surface area contributed by atoms with Crippen molar-refractivity contribution in [2.24, 2.45) is 0 Å². The van der Waals surface area contributed by atoms with Crippen LogP contribution in [0.3, 0.4) is 0 Å². The average Bonchev–Trinajstić information content (AvgIpc) is 2.38. The zero-order valence-electron chi connectivity index (χ0n) is 10.2. The van der Waals surface area contributed by atoms with Gasteiger partial charge in [0.2, 0.25) is 0 Å². The number of nitrogens with one attached hydrogen (secondary N) is 2. The monoisotopic (exact) mass is 278 g/mol. The number of carbonyl (C=O) groups is 2. The van der Waals surface area contributed by atoms with Crippen LogP contribution in [-0.4, -0.2) is 35.2 Å². The molecule has 0 aliphatic heterocycles. The molecule has 19 heavy (non-hydrogen) atoms. The molecule has 0 fully saturated rings. The fraction of sp³-hybridized carbons (Fsp3) is 0.231. The van der Waals surface area contributed by atoms with E-state index in [9.17, 15) is 9.59 Å². The van der Waals surface area contributed by atoms with Gasteiger partial charge in [-0.3, -0.25) is 0 Å². The first kappa shape index (κ1) is 14.9. The number of rotatable bonds is 6. The quantitative estimate of drug-likeness (QED) is 0.548. The highest BCUT2D eigenvalue weighted by Crippen LogP contribution is 2.10. The van der Waals surface area contributed by atoms with Crippen LogP contribution in [0.2, 0.25) is 0 Å². The molecule has 0 spiro atoms. The average molecular weight is 278 g/mol. The second-order valence-corrected chi connectivity index (χ2v) is 4.63. The van der Waals surface area contributed by atoms with Crippen molar-refractivity contribution in [3.63, 3.8) is 0 Å². The Morgan fingerprint density at radius 2 is 2.21 bits per heavy atom. The van der Waals surface area contributed by atoms with Gasteiger partial charge in [0.25, 0.3) is 0 Å². The molecule has 0 unspecified atom stereocenters. The SMILES string of the molecule is C#CCSCCNC(=O)Nc1cccc(C(=O)O)c1. The molecular weight excluding hydrogens is 264 g/mol. The minimum Gasteiger partial charge on any atom is -0.478 e. The summed E-state index contributed by atoms with van der Waals surface area (Å²) in [5.41, 5.74) is 0.566. The lowest BCUT2D eigenvalue weighted by atomic mass is 10.2. The summed E-state index contributed by atoms with van der Waals surface area (Å²) in [6.07, 6.45) is 5.09. The molecule has 0 aliphatic carbocycles. The summed E-state index contributed by atoms with van der Waals surface area (Å²) in [4.78, 5) is 22.3. The van der Waals surface area contributed by atoms with Crippen molar-refractivity contribution < 1.29 is 14.7 Å². The summed E-state index contributed by atoms with van der Waals surface area (Å²) in [6.45, 7) is 0.497. The Morgan fingerprint density at radius 1 is 1.42 bits per heavy atom. The predicted octanol–water partition coefficient (Wildman–Crippen LogP) is 1.87. The number of aromatic carboxylic acids is 1. The van der Waals surface area contributed by atoms with Crippen LogP contribution in [0.25, 0.3) is 0 Å². The lowest BCUT2D eigenvalue weighted by Crippen LogP contribution is -2.30. The van der Waals surface area contributed by atoms with Crippen molar-refractivity contribution in [2.45, 2.75) is 0 Å². The third kappa shape index (κ3) is 5.84. The highest BCUT2D eigenvalue weighted by atomic mass is 32.2. The van der Waals surface area contributed by atoms with Crippen molar-refractivity contribution in [1.82, 2.24) is 5.32 Å². The summed E-state index contributed by atoms with van der Waals surface area (Å²) in [6, 6.07) is 5.68. The first-order valence-electron chi connectivity index (χ1n) is 5.53. The molecule has 0 aliphatic rings. The normalized spacial score (nSPS) is 9.42. The number of benzene rings is 1. The van der Waals surface area contributed by atoms with Crippen molar-refractivity contribution in [1.29, 1.82) is 0 Å². The topological polar surface area (TPSA) is 78.4 Å². The summed E-state index contributed by atoms with van der Waals surface area (Å²) >= 11 is 1.55. The molecule has 2 amide bonds. The van der Waals surface area contributed by atoms with Crippen molar-refractivity contribution >= 4 is 29.4 Å². The Bertz CT molecular complexity index is 497. The van der Waals surface area contributed by atoms with E-state index in [4.69, 9.17) is 11.5 Å². The fourth-order valence-corrected chi connectivity index (χ4v) is 1.78. The van der Waals surface area contributed by atoms with Crippen LogP contribution in [0.5, 0.6) is 0 Å². The van der Waals surface area contributed by atoms with Crippen molar-refractivity contribution in [3.8, 4) is 12.3 Å². The standard InChI is InChI=1S/C13H14N2O3S/c1-2-7-19-8-6-14-13(18)15-11-5-3-4-10(9-11)12(16)17/h1,3-5,9H,6-8H2,(H,16,17)(H2,14,15,18). The van der Waals surface area contributed by atoms with E-state index < -0.39 is 5.97 Å². The molecule has 1 rings (SSSR count). The van der Waals surface area contributed by atoms with Gasteiger partial charge in [-0.25, -0.2) is 9.59 Å².